The van der Waals surface area contributed by atoms with Crippen molar-refractivity contribution in [2.45, 2.75) is 0 Å². The van der Waals surface area contributed by atoms with Crippen molar-refractivity contribution in [3.8, 4) is 0 Å². The van der Waals surface area contributed by atoms with Crippen LogP contribution in [0.15, 0.2) is 208 Å². The van der Waals surface area contributed by atoms with Crippen LogP contribution in [0, 0.1) is 0 Å². The number of benzene rings is 9. The summed E-state index contributed by atoms with van der Waals surface area (Å²) in [5.74, 6) is 0. The Hall–Kier alpha value is -8.22. The molecule has 0 radical (unpaired) electrons. The predicted molar refractivity (Wildman–Crippen MR) is 243 cm³/mol. The Morgan fingerprint density at radius 3 is 0.950 bits per heavy atom. The molecule has 0 saturated heterocycles. The third kappa shape index (κ3) is 4.94. The van der Waals surface area contributed by atoms with Gasteiger partial charge in [0.15, 0.2) is 0 Å². The van der Waals surface area contributed by atoms with E-state index in [-0.39, 0.29) is 0 Å². The van der Waals surface area contributed by atoms with Crippen LogP contribution >= 0.6 is 0 Å². The van der Waals surface area contributed by atoms with Gasteiger partial charge >= 0.3 is 0 Å². The molecule has 0 aliphatic rings. The average molecular weight is 775 g/mol. The molecule has 6 nitrogen and oxygen atoms in total. The molecule has 60 heavy (non-hydrogen) atoms. The van der Waals surface area contributed by atoms with E-state index in [9.17, 15) is 0 Å². The molecule has 0 spiro atoms. The van der Waals surface area contributed by atoms with Crippen molar-refractivity contribution in [3.63, 3.8) is 0 Å². The first-order valence-corrected chi connectivity index (χ1v) is 19.9. The Labute approximate surface area is 339 Å². The molecule has 282 valence electrons. The lowest BCUT2D eigenvalue weighted by Gasteiger charge is -1.91. The fourth-order valence-electron chi connectivity index (χ4n) is 8.88. The van der Waals surface area contributed by atoms with Crippen LogP contribution in [0.4, 0.5) is 0 Å². The Kier molecular flexibility index (Phi) is 6.91. The van der Waals surface area contributed by atoms with Gasteiger partial charge < -0.3 is 26.5 Å². The fourth-order valence-corrected chi connectivity index (χ4v) is 8.88. The lowest BCUT2D eigenvalue weighted by atomic mass is 10.1. The first kappa shape index (κ1) is 32.8. The van der Waals surface area contributed by atoms with E-state index in [4.69, 9.17) is 26.5 Å². The maximum absolute atomic E-state index is 6.07. The van der Waals surface area contributed by atoms with Crippen LogP contribution in [-0.4, -0.2) is 0 Å². The molecule has 0 atom stereocenters. The minimum absolute atomic E-state index is 0.873. The third-order valence-electron chi connectivity index (χ3n) is 11.6. The molecule has 0 aliphatic heterocycles. The van der Waals surface area contributed by atoms with Crippen molar-refractivity contribution in [1.29, 1.82) is 0 Å². The quantitative estimate of drug-likeness (QED) is 0.153. The topological polar surface area (TPSA) is 78.8 Å². The lowest BCUT2D eigenvalue weighted by Crippen LogP contribution is -1.68. The van der Waals surface area contributed by atoms with Gasteiger partial charge in [0.2, 0.25) is 0 Å². The molecular formula is C54H30O6. The number of rotatable bonds is 0. The summed E-state index contributed by atoms with van der Waals surface area (Å²) >= 11 is 0. The molecule has 15 aromatic rings. The smallest absolute Gasteiger partial charge is 0.147 e. The van der Waals surface area contributed by atoms with E-state index in [1.807, 2.05) is 121 Å². The van der Waals surface area contributed by atoms with Gasteiger partial charge in [0, 0.05) is 65.3 Å². The van der Waals surface area contributed by atoms with Gasteiger partial charge in [-0.1, -0.05) is 109 Å². The summed E-state index contributed by atoms with van der Waals surface area (Å²) in [5, 5.41) is 13.5. The summed E-state index contributed by atoms with van der Waals surface area (Å²) < 4.78 is 35.6. The molecule has 0 amide bonds. The van der Waals surface area contributed by atoms with E-state index < -0.39 is 0 Å². The summed E-state index contributed by atoms with van der Waals surface area (Å²) in [7, 11) is 0. The van der Waals surface area contributed by atoms with E-state index in [1.54, 1.807) is 0 Å². The van der Waals surface area contributed by atoms with Gasteiger partial charge in [-0.2, -0.15) is 0 Å². The number of fused-ring (bicyclic) bond motifs is 19. The van der Waals surface area contributed by atoms with E-state index >= 15 is 0 Å². The van der Waals surface area contributed by atoms with Gasteiger partial charge in [-0.3, -0.25) is 0 Å². The molecule has 6 heteroatoms. The standard InChI is InChI=1S/3C18H10O2/c1-3-7-15-11(5-1)13-9-18-14(10-17(13)19-15)12-6-2-4-8-16(12)20-18;1-3-7-15-11(5-1)13-9-14-12-6-2-4-8-16(12)20-18(14)10-17(13)19-15;1-3-7-14-11(5-1)12-9-10-16-17(18(12)20-14)13-6-2-4-8-15(13)19-16/h3*1-10H. The van der Waals surface area contributed by atoms with Gasteiger partial charge in [0.05, 0.1) is 5.39 Å². The van der Waals surface area contributed by atoms with Crippen molar-refractivity contribution >= 4 is 132 Å². The number of furan rings is 6. The normalized spacial score (nSPS) is 12.0. The van der Waals surface area contributed by atoms with Crippen molar-refractivity contribution in [1.82, 2.24) is 0 Å². The average Bonchev–Trinajstić information content (AvgIpc) is 4.15. The van der Waals surface area contributed by atoms with E-state index in [1.165, 1.54) is 0 Å². The monoisotopic (exact) mass is 774 g/mol. The summed E-state index contributed by atoms with van der Waals surface area (Å²) in [6.45, 7) is 0. The molecule has 0 saturated carbocycles. The minimum Gasteiger partial charge on any atom is -0.456 e. The summed E-state index contributed by atoms with van der Waals surface area (Å²) in [5.41, 5.74) is 10.8. The molecule has 0 bridgehead atoms. The lowest BCUT2D eigenvalue weighted by molar-refractivity contribution is 0.656. The van der Waals surface area contributed by atoms with Crippen molar-refractivity contribution in [2.24, 2.45) is 0 Å². The first-order chi connectivity index (χ1) is 29.7. The highest BCUT2D eigenvalue weighted by Gasteiger charge is 2.16. The van der Waals surface area contributed by atoms with Gasteiger partial charge in [-0.15, -0.1) is 0 Å². The van der Waals surface area contributed by atoms with Gasteiger partial charge in [0.1, 0.15) is 67.0 Å². The molecule has 0 N–H and O–H groups in total. The maximum Gasteiger partial charge on any atom is 0.147 e. The summed E-state index contributed by atoms with van der Waals surface area (Å²) in [4.78, 5) is 0. The zero-order valence-corrected chi connectivity index (χ0v) is 31.8. The predicted octanol–water partition coefficient (Wildman–Crippen LogP) is 16.5. The van der Waals surface area contributed by atoms with E-state index in [0.29, 0.717) is 0 Å². The second kappa shape index (κ2) is 12.6. The molecule has 0 fully saturated rings. The summed E-state index contributed by atoms with van der Waals surface area (Å²) in [6.07, 6.45) is 0. The minimum atomic E-state index is 0.873. The van der Waals surface area contributed by atoms with Crippen molar-refractivity contribution < 1.29 is 26.5 Å². The largest absolute Gasteiger partial charge is 0.456 e. The maximum atomic E-state index is 6.07. The highest BCUT2D eigenvalue weighted by molar-refractivity contribution is 6.22. The van der Waals surface area contributed by atoms with Gasteiger partial charge in [-0.25, -0.2) is 0 Å². The fraction of sp³-hybridized carbons (Fsp3) is 0. The van der Waals surface area contributed by atoms with Crippen LogP contribution in [0.2, 0.25) is 0 Å². The van der Waals surface area contributed by atoms with Gasteiger partial charge in [0.25, 0.3) is 0 Å². The Bertz CT molecular complexity index is 3940. The van der Waals surface area contributed by atoms with Crippen LogP contribution in [0.5, 0.6) is 0 Å². The highest BCUT2D eigenvalue weighted by atomic mass is 16.4. The molecule has 0 unspecified atom stereocenters. The second-order valence-electron chi connectivity index (χ2n) is 15.1. The van der Waals surface area contributed by atoms with Crippen LogP contribution < -0.4 is 0 Å². The zero-order valence-electron chi connectivity index (χ0n) is 31.8. The second-order valence-corrected chi connectivity index (χ2v) is 15.1. The molecular weight excluding hydrogens is 745 g/mol. The Morgan fingerprint density at radius 1 is 0.183 bits per heavy atom. The van der Waals surface area contributed by atoms with Crippen LogP contribution in [0.25, 0.3) is 132 Å². The van der Waals surface area contributed by atoms with Crippen molar-refractivity contribution in [3.05, 3.63) is 182 Å². The third-order valence-corrected chi connectivity index (χ3v) is 11.6. The number of para-hydroxylation sites is 6. The number of hydrogen-bond donors (Lipinski definition) is 0. The summed E-state index contributed by atoms with van der Waals surface area (Å²) in [6, 6.07) is 61.0. The molecule has 0 aliphatic carbocycles. The van der Waals surface area contributed by atoms with Crippen LogP contribution in [0.3, 0.4) is 0 Å². The van der Waals surface area contributed by atoms with E-state index in [2.05, 4.69) is 60.7 Å². The molecule has 15 rings (SSSR count). The van der Waals surface area contributed by atoms with Crippen LogP contribution in [-0.2, 0) is 0 Å². The Balaban J connectivity index is 0.0000000926. The molecule has 6 heterocycles. The molecule has 6 aromatic heterocycles. The zero-order chi connectivity index (χ0) is 39.3. The molecule has 9 aromatic carbocycles. The SMILES string of the molecule is c1ccc2c(c1)oc1c2ccc2oc3ccccc3c21.c1ccc2c(c1)oc1cc3c(cc12)oc1ccccc13.c1ccc2c(c1)oc1cc3oc4ccccc4c3cc12. The Morgan fingerprint density at radius 2 is 0.500 bits per heavy atom. The number of hydrogen-bond acceptors (Lipinski definition) is 6. The van der Waals surface area contributed by atoms with Crippen LogP contribution in [0.1, 0.15) is 0 Å². The van der Waals surface area contributed by atoms with Gasteiger partial charge in [-0.05, 0) is 66.7 Å². The highest BCUT2D eigenvalue weighted by Crippen LogP contribution is 2.40. The van der Waals surface area contributed by atoms with E-state index in [0.717, 1.165) is 132 Å². The first-order valence-electron chi connectivity index (χ1n) is 19.9. The van der Waals surface area contributed by atoms with Crippen molar-refractivity contribution in [2.75, 3.05) is 0 Å².